The molecular formula is C12H17NO. The summed E-state index contributed by atoms with van der Waals surface area (Å²) < 4.78 is 5.66. The Bertz CT molecular complexity index is 286. The molecule has 2 heteroatoms. The predicted octanol–water partition coefficient (Wildman–Crippen LogP) is 2.11. The smallest absolute Gasteiger partial charge is 0.0793 e. The minimum Gasteiger partial charge on any atom is -0.376 e. The first-order valence-corrected chi connectivity index (χ1v) is 5.21. The summed E-state index contributed by atoms with van der Waals surface area (Å²) in [5.41, 5.74) is 7.34. The monoisotopic (exact) mass is 191 g/mol. The minimum atomic E-state index is 0.0219. The molecule has 0 aliphatic carbocycles. The maximum Gasteiger partial charge on any atom is 0.0793 e. The van der Waals surface area contributed by atoms with E-state index in [-0.39, 0.29) is 12.1 Å². The summed E-state index contributed by atoms with van der Waals surface area (Å²) in [6.07, 6.45) is 1.32. The second-order valence-electron chi connectivity index (χ2n) is 4.04. The molecule has 1 aromatic rings. The number of rotatable bonds is 2. The Morgan fingerprint density at radius 1 is 1.36 bits per heavy atom. The molecule has 1 saturated heterocycles. The average molecular weight is 191 g/mol. The van der Waals surface area contributed by atoms with Crippen LogP contribution >= 0.6 is 0 Å². The van der Waals surface area contributed by atoms with Gasteiger partial charge in [-0.1, -0.05) is 37.3 Å². The molecule has 0 aromatic heterocycles. The molecule has 2 N–H and O–H groups in total. The summed E-state index contributed by atoms with van der Waals surface area (Å²) in [6, 6.07) is 10.2. The first kappa shape index (κ1) is 9.69. The molecular weight excluding hydrogens is 174 g/mol. The molecule has 1 fully saturated rings. The highest BCUT2D eigenvalue weighted by Gasteiger charge is 2.30. The van der Waals surface area contributed by atoms with Crippen LogP contribution < -0.4 is 5.73 Å². The fourth-order valence-electron chi connectivity index (χ4n) is 2.04. The molecule has 2 nitrogen and oxygen atoms in total. The van der Waals surface area contributed by atoms with Crippen molar-refractivity contribution in [2.24, 2.45) is 11.7 Å². The molecule has 76 valence electrons. The lowest BCUT2D eigenvalue weighted by Gasteiger charge is -2.22. The van der Waals surface area contributed by atoms with Gasteiger partial charge in [-0.05, 0) is 17.9 Å². The molecule has 14 heavy (non-hydrogen) atoms. The van der Waals surface area contributed by atoms with Crippen LogP contribution in [0.1, 0.15) is 24.9 Å². The highest BCUT2D eigenvalue weighted by molar-refractivity contribution is 5.20. The highest BCUT2D eigenvalue weighted by Crippen LogP contribution is 2.29. The van der Waals surface area contributed by atoms with Crippen molar-refractivity contribution in [2.75, 3.05) is 6.61 Å². The molecule has 3 atom stereocenters. The van der Waals surface area contributed by atoms with Crippen molar-refractivity contribution in [2.45, 2.75) is 25.5 Å². The van der Waals surface area contributed by atoms with Crippen LogP contribution in [0.4, 0.5) is 0 Å². The molecule has 0 radical (unpaired) electrons. The molecule has 1 heterocycles. The third-order valence-electron chi connectivity index (χ3n) is 2.98. The SMILES string of the molecule is CC1CCOC1C(N)c1ccccc1. The fourth-order valence-corrected chi connectivity index (χ4v) is 2.04. The van der Waals surface area contributed by atoms with Gasteiger partial charge in [-0.15, -0.1) is 0 Å². The highest BCUT2D eigenvalue weighted by atomic mass is 16.5. The minimum absolute atomic E-state index is 0.0219. The van der Waals surface area contributed by atoms with Crippen molar-refractivity contribution in [3.05, 3.63) is 35.9 Å². The number of hydrogen-bond donors (Lipinski definition) is 1. The molecule has 1 aliphatic rings. The summed E-state index contributed by atoms with van der Waals surface area (Å²) in [5.74, 6) is 0.574. The lowest BCUT2D eigenvalue weighted by Crippen LogP contribution is -2.29. The quantitative estimate of drug-likeness (QED) is 0.777. The van der Waals surface area contributed by atoms with Crippen LogP contribution in [-0.2, 0) is 4.74 Å². The normalized spacial score (nSPS) is 29.0. The Morgan fingerprint density at radius 2 is 2.07 bits per heavy atom. The maximum absolute atomic E-state index is 6.17. The van der Waals surface area contributed by atoms with Crippen LogP contribution in [0.15, 0.2) is 30.3 Å². The summed E-state index contributed by atoms with van der Waals surface area (Å²) in [5, 5.41) is 0. The predicted molar refractivity (Wildman–Crippen MR) is 56.9 cm³/mol. The first-order valence-electron chi connectivity index (χ1n) is 5.21. The van der Waals surface area contributed by atoms with Gasteiger partial charge in [0, 0.05) is 6.61 Å². The fraction of sp³-hybridized carbons (Fsp3) is 0.500. The first-order chi connectivity index (χ1) is 6.79. The van der Waals surface area contributed by atoms with E-state index in [9.17, 15) is 0 Å². The molecule has 0 saturated carbocycles. The summed E-state index contributed by atoms with van der Waals surface area (Å²) in [7, 11) is 0. The van der Waals surface area contributed by atoms with Crippen LogP contribution in [0.25, 0.3) is 0 Å². The zero-order valence-electron chi connectivity index (χ0n) is 8.52. The summed E-state index contributed by atoms with van der Waals surface area (Å²) >= 11 is 0. The van der Waals surface area contributed by atoms with Gasteiger partial charge in [0.1, 0.15) is 0 Å². The van der Waals surface area contributed by atoms with E-state index in [0.29, 0.717) is 5.92 Å². The third-order valence-corrected chi connectivity index (χ3v) is 2.98. The van der Waals surface area contributed by atoms with Gasteiger partial charge >= 0.3 is 0 Å². The van der Waals surface area contributed by atoms with Crippen molar-refractivity contribution in [3.63, 3.8) is 0 Å². The van der Waals surface area contributed by atoms with Crippen LogP contribution in [-0.4, -0.2) is 12.7 Å². The van der Waals surface area contributed by atoms with E-state index < -0.39 is 0 Å². The van der Waals surface area contributed by atoms with Crippen LogP contribution in [0, 0.1) is 5.92 Å². The summed E-state index contributed by atoms with van der Waals surface area (Å²) in [4.78, 5) is 0. The van der Waals surface area contributed by atoms with Gasteiger partial charge in [-0.25, -0.2) is 0 Å². The van der Waals surface area contributed by atoms with E-state index in [2.05, 4.69) is 19.1 Å². The van der Waals surface area contributed by atoms with Crippen LogP contribution in [0.5, 0.6) is 0 Å². The van der Waals surface area contributed by atoms with Gasteiger partial charge < -0.3 is 10.5 Å². The Labute approximate surface area is 85.1 Å². The molecule has 3 unspecified atom stereocenters. The molecule has 1 aromatic carbocycles. The standard InChI is InChI=1S/C12H17NO/c1-9-7-8-14-12(9)11(13)10-5-3-2-4-6-10/h2-6,9,11-12H,7-8,13H2,1H3. The van der Waals surface area contributed by atoms with Crippen molar-refractivity contribution < 1.29 is 4.74 Å². The average Bonchev–Trinajstić information content (AvgIpc) is 2.65. The molecule has 0 bridgehead atoms. The van der Waals surface area contributed by atoms with E-state index in [0.717, 1.165) is 13.0 Å². The zero-order chi connectivity index (χ0) is 9.97. The van der Waals surface area contributed by atoms with E-state index in [1.807, 2.05) is 18.2 Å². The molecule has 0 spiro atoms. The third kappa shape index (κ3) is 1.81. The van der Waals surface area contributed by atoms with Crippen molar-refractivity contribution in [1.82, 2.24) is 0 Å². The maximum atomic E-state index is 6.17. The van der Waals surface area contributed by atoms with Gasteiger partial charge in [0.25, 0.3) is 0 Å². The van der Waals surface area contributed by atoms with E-state index >= 15 is 0 Å². The van der Waals surface area contributed by atoms with Gasteiger partial charge in [-0.2, -0.15) is 0 Å². The largest absolute Gasteiger partial charge is 0.376 e. The lowest BCUT2D eigenvalue weighted by atomic mass is 9.93. The molecule has 2 rings (SSSR count). The van der Waals surface area contributed by atoms with Crippen LogP contribution in [0.2, 0.25) is 0 Å². The van der Waals surface area contributed by atoms with Crippen molar-refractivity contribution in [1.29, 1.82) is 0 Å². The van der Waals surface area contributed by atoms with Gasteiger partial charge in [0.05, 0.1) is 12.1 Å². The second-order valence-corrected chi connectivity index (χ2v) is 4.04. The number of ether oxygens (including phenoxy) is 1. The second kappa shape index (κ2) is 4.11. The lowest BCUT2D eigenvalue weighted by molar-refractivity contribution is 0.0725. The Hall–Kier alpha value is -0.860. The topological polar surface area (TPSA) is 35.2 Å². The number of nitrogens with two attached hydrogens (primary N) is 1. The van der Waals surface area contributed by atoms with E-state index in [1.54, 1.807) is 0 Å². The van der Waals surface area contributed by atoms with E-state index in [1.165, 1.54) is 5.56 Å². The van der Waals surface area contributed by atoms with Gasteiger partial charge in [0.2, 0.25) is 0 Å². The Balaban J connectivity index is 2.12. The molecule has 1 aliphatic heterocycles. The zero-order valence-corrected chi connectivity index (χ0v) is 8.52. The van der Waals surface area contributed by atoms with E-state index in [4.69, 9.17) is 10.5 Å². The van der Waals surface area contributed by atoms with Crippen molar-refractivity contribution >= 4 is 0 Å². The van der Waals surface area contributed by atoms with Gasteiger partial charge in [-0.3, -0.25) is 0 Å². The number of benzene rings is 1. The van der Waals surface area contributed by atoms with Crippen LogP contribution in [0.3, 0.4) is 0 Å². The number of hydrogen-bond acceptors (Lipinski definition) is 2. The summed E-state index contributed by atoms with van der Waals surface area (Å²) in [6.45, 7) is 3.06. The Kier molecular flexibility index (Phi) is 2.85. The molecule has 0 amide bonds. The van der Waals surface area contributed by atoms with Gasteiger partial charge in [0.15, 0.2) is 0 Å². The Morgan fingerprint density at radius 3 is 2.64 bits per heavy atom. The van der Waals surface area contributed by atoms with Crippen molar-refractivity contribution in [3.8, 4) is 0 Å².